The summed E-state index contributed by atoms with van der Waals surface area (Å²) < 4.78 is 15.1. The van der Waals surface area contributed by atoms with E-state index in [1.54, 1.807) is 31.4 Å². The average Bonchev–Trinajstić information content (AvgIpc) is 2.48. The number of methoxy groups -OCH3 is 2. The fourth-order valence-corrected chi connectivity index (χ4v) is 1.50. The van der Waals surface area contributed by atoms with E-state index in [9.17, 15) is 9.59 Å². The largest absolute Gasteiger partial charge is 0.497 e. The van der Waals surface area contributed by atoms with Crippen molar-refractivity contribution in [3.63, 3.8) is 0 Å². The van der Waals surface area contributed by atoms with Gasteiger partial charge in [0.25, 0.3) is 0 Å². The van der Waals surface area contributed by atoms with E-state index < -0.39 is 12.1 Å². The molecule has 0 aliphatic heterocycles. The van der Waals surface area contributed by atoms with Gasteiger partial charge in [0.15, 0.2) is 6.10 Å². The molecule has 0 aliphatic carbocycles. The molecule has 0 radical (unpaired) electrons. The Bertz CT molecular complexity index is 459. The lowest BCUT2D eigenvalue weighted by Crippen LogP contribution is -2.38. The fourth-order valence-electron chi connectivity index (χ4n) is 1.50. The third kappa shape index (κ3) is 6.13. The number of aliphatic carboxylic acids is 1. The molecule has 0 bridgehead atoms. The summed E-state index contributed by atoms with van der Waals surface area (Å²) >= 11 is 0. The zero-order valence-electron chi connectivity index (χ0n) is 12.0. The van der Waals surface area contributed by atoms with Crippen LogP contribution in [0.3, 0.4) is 0 Å². The molecule has 1 amide bonds. The van der Waals surface area contributed by atoms with E-state index in [4.69, 9.17) is 19.3 Å². The molecule has 0 aromatic heterocycles. The van der Waals surface area contributed by atoms with E-state index in [1.165, 1.54) is 7.11 Å². The van der Waals surface area contributed by atoms with Crippen molar-refractivity contribution < 1.29 is 28.9 Å². The predicted octanol–water partition coefficient (Wildman–Crippen LogP) is 0.680. The van der Waals surface area contributed by atoms with Crippen LogP contribution in [0.2, 0.25) is 0 Å². The zero-order chi connectivity index (χ0) is 15.7. The van der Waals surface area contributed by atoms with Gasteiger partial charge in [0.05, 0.1) is 26.7 Å². The molecule has 0 fully saturated rings. The minimum absolute atomic E-state index is 0.0762. The molecule has 0 saturated heterocycles. The Morgan fingerprint density at radius 3 is 2.33 bits per heavy atom. The van der Waals surface area contributed by atoms with Gasteiger partial charge in [-0.2, -0.15) is 0 Å². The van der Waals surface area contributed by atoms with E-state index >= 15 is 0 Å². The second-order valence-electron chi connectivity index (χ2n) is 4.14. The van der Waals surface area contributed by atoms with Crippen LogP contribution in [0.1, 0.15) is 6.42 Å². The highest BCUT2D eigenvalue weighted by Crippen LogP contribution is 2.16. The number of ether oxygens (including phenoxy) is 3. The molecule has 1 atom stereocenters. The van der Waals surface area contributed by atoms with Crippen molar-refractivity contribution in [2.45, 2.75) is 12.5 Å². The number of carboxylic acids is 1. The maximum absolute atomic E-state index is 11.5. The summed E-state index contributed by atoms with van der Waals surface area (Å²) in [6.07, 6.45) is -0.918. The average molecular weight is 297 g/mol. The van der Waals surface area contributed by atoms with Gasteiger partial charge < -0.3 is 24.6 Å². The number of nitrogens with one attached hydrogen (secondary N) is 1. The van der Waals surface area contributed by atoms with Crippen LogP contribution in [-0.2, 0) is 14.3 Å². The first-order valence-electron chi connectivity index (χ1n) is 6.36. The lowest BCUT2D eigenvalue weighted by molar-refractivity contribution is -0.148. The minimum Gasteiger partial charge on any atom is -0.497 e. The van der Waals surface area contributed by atoms with Gasteiger partial charge in [0.1, 0.15) is 11.5 Å². The number of benzene rings is 1. The van der Waals surface area contributed by atoms with Crippen LogP contribution >= 0.6 is 0 Å². The van der Waals surface area contributed by atoms with E-state index in [0.29, 0.717) is 5.75 Å². The van der Waals surface area contributed by atoms with Crippen molar-refractivity contribution in [2.24, 2.45) is 0 Å². The van der Waals surface area contributed by atoms with E-state index in [2.05, 4.69) is 5.32 Å². The molecule has 1 unspecified atom stereocenters. The summed E-state index contributed by atoms with van der Waals surface area (Å²) in [5.74, 6) is -0.0673. The molecular formula is C14H19NO6. The summed E-state index contributed by atoms with van der Waals surface area (Å²) in [6, 6.07) is 6.99. The summed E-state index contributed by atoms with van der Waals surface area (Å²) in [7, 11) is 2.85. The lowest BCUT2D eigenvalue weighted by Gasteiger charge is -2.12. The van der Waals surface area contributed by atoms with E-state index in [0.717, 1.165) is 5.75 Å². The molecule has 21 heavy (non-hydrogen) atoms. The molecule has 0 saturated carbocycles. The predicted molar refractivity (Wildman–Crippen MR) is 74.5 cm³/mol. The monoisotopic (exact) mass is 297 g/mol. The molecule has 7 heteroatoms. The highest BCUT2D eigenvalue weighted by molar-refractivity contribution is 5.78. The van der Waals surface area contributed by atoms with Gasteiger partial charge >= 0.3 is 5.97 Å². The number of rotatable bonds is 9. The van der Waals surface area contributed by atoms with Crippen molar-refractivity contribution in [1.29, 1.82) is 0 Å². The maximum Gasteiger partial charge on any atom is 0.334 e. The number of carbonyl (C=O) groups excluding carboxylic acids is 1. The molecule has 1 aromatic carbocycles. The van der Waals surface area contributed by atoms with Crippen LogP contribution in [0, 0.1) is 0 Å². The number of carbonyl (C=O) groups is 2. The lowest BCUT2D eigenvalue weighted by atomic mass is 10.3. The summed E-state index contributed by atoms with van der Waals surface area (Å²) in [4.78, 5) is 22.2. The Kier molecular flexibility index (Phi) is 7.03. The number of hydrogen-bond acceptors (Lipinski definition) is 5. The van der Waals surface area contributed by atoms with Crippen LogP contribution in [0.5, 0.6) is 11.5 Å². The number of carboxylic acid groups (broad SMARTS) is 1. The molecule has 0 heterocycles. The first-order chi connectivity index (χ1) is 10.1. The van der Waals surface area contributed by atoms with Gasteiger partial charge in [0.2, 0.25) is 5.91 Å². The van der Waals surface area contributed by atoms with Crippen LogP contribution in [0.15, 0.2) is 24.3 Å². The molecular weight excluding hydrogens is 278 g/mol. The highest BCUT2D eigenvalue weighted by atomic mass is 16.5. The van der Waals surface area contributed by atoms with Gasteiger partial charge in [-0.25, -0.2) is 4.79 Å². The van der Waals surface area contributed by atoms with Crippen LogP contribution in [0.25, 0.3) is 0 Å². The normalized spacial score (nSPS) is 11.5. The quantitative estimate of drug-likeness (QED) is 0.696. The Labute approximate surface area is 122 Å². The van der Waals surface area contributed by atoms with Gasteiger partial charge in [0, 0.05) is 7.11 Å². The second kappa shape index (κ2) is 8.80. The van der Waals surface area contributed by atoms with Crippen molar-refractivity contribution >= 4 is 11.9 Å². The molecule has 0 spiro atoms. The minimum atomic E-state index is -1.12. The number of hydrogen-bond donors (Lipinski definition) is 2. The van der Waals surface area contributed by atoms with Crippen molar-refractivity contribution in [1.82, 2.24) is 5.32 Å². The van der Waals surface area contributed by atoms with Crippen molar-refractivity contribution in [3.05, 3.63) is 24.3 Å². The first kappa shape index (κ1) is 16.8. The molecule has 7 nitrogen and oxygen atoms in total. The molecule has 116 valence electrons. The third-order valence-corrected chi connectivity index (χ3v) is 2.70. The van der Waals surface area contributed by atoms with Gasteiger partial charge in [-0.15, -0.1) is 0 Å². The zero-order valence-corrected chi connectivity index (χ0v) is 12.0. The Morgan fingerprint density at radius 2 is 1.81 bits per heavy atom. The summed E-state index contributed by atoms with van der Waals surface area (Å²) in [5, 5.41) is 11.2. The molecule has 1 aromatic rings. The van der Waals surface area contributed by atoms with Crippen molar-refractivity contribution in [3.8, 4) is 11.5 Å². The topological polar surface area (TPSA) is 94.1 Å². The summed E-state index contributed by atoms with van der Waals surface area (Å²) in [5.41, 5.74) is 0. The fraction of sp³-hybridized carbons (Fsp3) is 0.429. The SMILES string of the molecule is COc1ccc(OCCC(=O)NCC(OC)C(=O)O)cc1. The van der Waals surface area contributed by atoms with E-state index in [1.807, 2.05) is 0 Å². The first-order valence-corrected chi connectivity index (χ1v) is 6.36. The molecule has 1 rings (SSSR count). The summed E-state index contributed by atoms with van der Waals surface area (Å²) in [6.45, 7) is 0.121. The number of amides is 1. The Hall–Kier alpha value is -2.28. The molecule has 0 aliphatic rings. The van der Waals surface area contributed by atoms with Crippen LogP contribution < -0.4 is 14.8 Å². The second-order valence-corrected chi connectivity index (χ2v) is 4.14. The third-order valence-electron chi connectivity index (χ3n) is 2.70. The highest BCUT2D eigenvalue weighted by Gasteiger charge is 2.16. The Morgan fingerprint density at radius 1 is 1.19 bits per heavy atom. The standard InChI is InChI=1S/C14H19NO6/c1-19-10-3-5-11(6-4-10)21-8-7-13(16)15-9-12(20-2)14(17)18/h3-6,12H,7-9H2,1-2H3,(H,15,16)(H,17,18). The Balaban J connectivity index is 2.25. The van der Waals surface area contributed by atoms with E-state index in [-0.39, 0.29) is 25.5 Å². The van der Waals surface area contributed by atoms with Gasteiger partial charge in [-0.1, -0.05) is 0 Å². The van der Waals surface area contributed by atoms with Gasteiger partial charge in [-0.05, 0) is 24.3 Å². The smallest absolute Gasteiger partial charge is 0.334 e. The molecule has 2 N–H and O–H groups in total. The van der Waals surface area contributed by atoms with Crippen LogP contribution in [-0.4, -0.2) is 50.5 Å². The van der Waals surface area contributed by atoms with Gasteiger partial charge in [-0.3, -0.25) is 4.79 Å². The van der Waals surface area contributed by atoms with Crippen LogP contribution in [0.4, 0.5) is 0 Å². The van der Waals surface area contributed by atoms with Crippen molar-refractivity contribution in [2.75, 3.05) is 27.4 Å². The maximum atomic E-state index is 11.5.